The van der Waals surface area contributed by atoms with Crippen LogP contribution in [0.2, 0.25) is 5.02 Å². The van der Waals surface area contributed by atoms with E-state index in [1.165, 1.54) is 6.42 Å². The smallest absolute Gasteiger partial charge is 0.311 e. The molecule has 1 aromatic rings. The lowest BCUT2D eigenvalue weighted by atomic mass is 9.65. The van der Waals surface area contributed by atoms with Crippen LogP contribution < -0.4 is 5.73 Å². The van der Waals surface area contributed by atoms with E-state index in [0.29, 0.717) is 16.3 Å². The molecule has 0 aliphatic heterocycles. The lowest BCUT2D eigenvalue weighted by Crippen LogP contribution is -2.34. The van der Waals surface area contributed by atoms with Crippen LogP contribution in [-0.2, 0) is 4.79 Å². The molecule has 0 radical (unpaired) electrons. The van der Waals surface area contributed by atoms with E-state index in [9.17, 15) is 9.90 Å². The van der Waals surface area contributed by atoms with Crippen LogP contribution in [0.25, 0.3) is 0 Å². The zero-order valence-electron chi connectivity index (χ0n) is 11.2. The van der Waals surface area contributed by atoms with Gasteiger partial charge in [0.25, 0.3) is 0 Å². The number of hydrogen-bond donors (Lipinski definition) is 2. The minimum absolute atomic E-state index is 0.233. The average molecular weight is 282 g/mol. The quantitative estimate of drug-likeness (QED) is 0.821. The molecule has 4 heteroatoms. The fraction of sp³-hybridized carbons (Fsp3) is 0.533. The third kappa shape index (κ3) is 2.71. The number of nitrogens with two attached hydrogens (primary N) is 1. The van der Waals surface area contributed by atoms with Crippen molar-refractivity contribution in [1.29, 1.82) is 0 Å². The van der Waals surface area contributed by atoms with E-state index in [2.05, 4.69) is 6.92 Å². The van der Waals surface area contributed by atoms with Crippen LogP contribution in [0.4, 0.5) is 5.69 Å². The molecule has 1 unspecified atom stereocenters. The van der Waals surface area contributed by atoms with Crippen molar-refractivity contribution >= 4 is 23.3 Å². The normalized spacial score (nSPS) is 19.9. The zero-order chi connectivity index (χ0) is 14.0. The predicted octanol–water partition coefficient (Wildman–Crippen LogP) is 4.06. The monoisotopic (exact) mass is 281 g/mol. The number of benzene rings is 1. The fourth-order valence-electron chi connectivity index (χ4n) is 3.26. The van der Waals surface area contributed by atoms with E-state index in [1.807, 2.05) is 0 Å². The van der Waals surface area contributed by atoms with Crippen molar-refractivity contribution in [2.45, 2.75) is 44.9 Å². The average Bonchev–Trinajstić information content (AvgIpc) is 2.35. The van der Waals surface area contributed by atoms with Crippen molar-refractivity contribution in [3.8, 4) is 0 Å². The Morgan fingerprint density at radius 3 is 2.58 bits per heavy atom. The third-order valence-electron chi connectivity index (χ3n) is 4.34. The molecule has 1 saturated carbocycles. The van der Waals surface area contributed by atoms with E-state index >= 15 is 0 Å². The van der Waals surface area contributed by atoms with Crippen molar-refractivity contribution in [1.82, 2.24) is 0 Å². The summed E-state index contributed by atoms with van der Waals surface area (Å²) in [6.07, 6.45) is 5.21. The minimum Gasteiger partial charge on any atom is -0.481 e. The third-order valence-corrected chi connectivity index (χ3v) is 4.67. The summed E-state index contributed by atoms with van der Waals surface area (Å²) in [7, 11) is 0. The molecule has 0 saturated heterocycles. The first-order chi connectivity index (χ1) is 8.96. The van der Waals surface area contributed by atoms with Gasteiger partial charge in [-0.05, 0) is 29.9 Å². The van der Waals surface area contributed by atoms with Crippen LogP contribution in [0, 0.1) is 5.41 Å². The molecule has 1 atom stereocenters. The molecule has 3 nitrogen and oxygen atoms in total. The topological polar surface area (TPSA) is 63.3 Å². The summed E-state index contributed by atoms with van der Waals surface area (Å²) in [6.45, 7) is 2.06. The van der Waals surface area contributed by atoms with Crippen molar-refractivity contribution in [3.63, 3.8) is 0 Å². The number of hydrogen-bond acceptors (Lipinski definition) is 2. The van der Waals surface area contributed by atoms with Gasteiger partial charge >= 0.3 is 5.97 Å². The predicted molar refractivity (Wildman–Crippen MR) is 77.4 cm³/mol. The molecule has 1 fully saturated rings. The molecule has 1 aliphatic carbocycles. The molecule has 3 N–H and O–H groups in total. The lowest BCUT2D eigenvalue weighted by molar-refractivity contribution is -0.142. The van der Waals surface area contributed by atoms with Gasteiger partial charge in [0.1, 0.15) is 0 Å². The maximum Gasteiger partial charge on any atom is 0.311 e. The maximum atomic E-state index is 11.8. The van der Waals surface area contributed by atoms with Gasteiger partial charge in [-0.1, -0.05) is 49.9 Å². The van der Waals surface area contributed by atoms with Gasteiger partial charge in [0.2, 0.25) is 0 Å². The Morgan fingerprint density at radius 1 is 1.37 bits per heavy atom. The van der Waals surface area contributed by atoms with Gasteiger partial charge in [-0.3, -0.25) is 4.79 Å². The van der Waals surface area contributed by atoms with E-state index in [0.717, 1.165) is 25.7 Å². The molecule has 0 spiro atoms. The minimum atomic E-state index is -0.807. The van der Waals surface area contributed by atoms with E-state index in [4.69, 9.17) is 17.3 Å². The Hall–Kier alpha value is -1.22. The molecule has 2 rings (SSSR count). The molecular formula is C15H20ClNO2. The Bertz CT molecular complexity index is 481. The summed E-state index contributed by atoms with van der Waals surface area (Å²) in [5.41, 5.74) is 6.82. The van der Waals surface area contributed by atoms with Crippen molar-refractivity contribution < 1.29 is 9.90 Å². The Labute approximate surface area is 118 Å². The summed E-state index contributed by atoms with van der Waals surface area (Å²) < 4.78 is 0. The number of aliphatic carboxylic acids is 1. The van der Waals surface area contributed by atoms with Crippen LogP contribution in [0.5, 0.6) is 0 Å². The van der Waals surface area contributed by atoms with Gasteiger partial charge in [0.05, 0.1) is 16.6 Å². The Morgan fingerprint density at radius 2 is 2.00 bits per heavy atom. The van der Waals surface area contributed by atoms with Crippen molar-refractivity contribution in [2.75, 3.05) is 5.73 Å². The number of nitrogen functional groups attached to an aromatic ring is 1. The molecule has 19 heavy (non-hydrogen) atoms. The highest BCUT2D eigenvalue weighted by molar-refractivity contribution is 6.33. The molecule has 1 aliphatic rings. The highest BCUT2D eigenvalue weighted by Crippen LogP contribution is 2.49. The first-order valence-electron chi connectivity index (χ1n) is 6.72. The largest absolute Gasteiger partial charge is 0.481 e. The van der Waals surface area contributed by atoms with Crippen LogP contribution >= 0.6 is 11.6 Å². The Kier molecular flexibility index (Phi) is 4.04. The van der Waals surface area contributed by atoms with Gasteiger partial charge in [-0.2, -0.15) is 0 Å². The van der Waals surface area contributed by atoms with Gasteiger partial charge in [-0.25, -0.2) is 0 Å². The molecule has 0 bridgehead atoms. The number of rotatable bonds is 3. The first kappa shape index (κ1) is 14.2. The van der Waals surface area contributed by atoms with Gasteiger partial charge in [0, 0.05) is 0 Å². The van der Waals surface area contributed by atoms with Crippen LogP contribution in [0.1, 0.15) is 50.5 Å². The second-order valence-corrected chi connectivity index (χ2v) is 6.14. The first-order valence-corrected chi connectivity index (χ1v) is 7.10. The lowest BCUT2D eigenvalue weighted by Gasteiger charge is -2.39. The molecule has 0 amide bonds. The van der Waals surface area contributed by atoms with Crippen LogP contribution in [-0.4, -0.2) is 11.1 Å². The second-order valence-electron chi connectivity index (χ2n) is 5.73. The number of carboxylic acid groups (broad SMARTS) is 1. The highest BCUT2D eigenvalue weighted by Gasteiger charge is 2.41. The van der Waals surface area contributed by atoms with Gasteiger partial charge in [0.15, 0.2) is 0 Å². The summed E-state index contributed by atoms with van der Waals surface area (Å²) in [5, 5.41) is 10.1. The number of anilines is 1. The standard InChI is InChI=1S/C15H20ClNO2/c1-15(8-3-2-4-9-15)12(14(18)19)10-6-5-7-11(16)13(10)17/h5-7,12H,2-4,8-9,17H2,1H3,(H,18,19). The summed E-state index contributed by atoms with van der Waals surface area (Å²) in [5.74, 6) is -1.38. The zero-order valence-corrected chi connectivity index (χ0v) is 11.9. The summed E-state index contributed by atoms with van der Waals surface area (Å²) >= 11 is 6.03. The van der Waals surface area contributed by atoms with Gasteiger partial charge in [-0.15, -0.1) is 0 Å². The number of carbonyl (C=O) groups is 1. The molecular weight excluding hydrogens is 262 g/mol. The summed E-state index contributed by atoms with van der Waals surface area (Å²) in [6, 6.07) is 5.26. The SMILES string of the molecule is CC1(C(C(=O)O)c2cccc(Cl)c2N)CCCCC1. The second kappa shape index (κ2) is 5.41. The van der Waals surface area contributed by atoms with E-state index in [1.54, 1.807) is 18.2 Å². The number of halogens is 1. The number of carboxylic acids is 1. The van der Waals surface area contributed by atoms with Crippen LogP contribution in [0.3, 0.4) is 0 Å². The maximum absolute atomic E-state index is 11.8. The van der Waals surface area contributed by atoms with Crippen molar-refractivity contribution in [3.05, 3.63) is 28.8 Å². The van der Waals surface area contributed by atoms with Crippen molar-refractivity contribution in [2.24, 2.45) is 5.41 Å². The van der Waals surface area contributed by atoms with E-state index in [-0.39, 0.29) is 5.41 Å². The number of para-hydroxylation sites is 1. The van der Waals surface area contributed by atoms with E-state index < -0.39 is 11.9 Å². The van der Waals surface area contributed by atoms with Gasteiger partial charge < -0.3 is 10.8 Å². The fourth-order valence-corrected chi connectivity index (χ4v) is 3.44. The molecule has 1 aromatic carbocycles. The molecule has 0 heterocycles. The van der Waals surface area contributed by atoms with Crippen LogP contribution in [0.15, 0.2) is 18.2 Å². The summed E-state index contributed by atoms with van der Waals surface area (Å²) in [4.78, 5) is 11.8. The highest BCUT2D eigenvalue weighted by atomic mass is 35.5. The Balaban J connectivity index is 2.45. The molecule has 0 aromatic heterocycles. The molecule has 104 valence electrons.